The fourth-order valence-corrected chi connectivity index (χ4v) is 2.76. The summed E-state index contributed by atoms with van der Waals surface area (Å²) in [5.74, 6) is -0.345. The van der Waals surface area contributed by atoms with Crippen molar-refractivity contribution >= 4 is 38.0 Å². The fourth-order valence-electron chi connectivity index (χ4n) is 1.81. The number of halogens is 3. The van der Waals surface area contributed by atoms with Crippen LogP contribution in [-0.2, 0) is 10.1 Å². The van der Waals surface area contributed by atoms with Gasteiger partial charge in [0, 0.05) is 15.4 Å². The molecule has 0 radical (unpaired) electrons. The van der Waals surface area contributed by atoms with E-state index in [9.17, 15) is 9.18 Å². The van der Waals surface area contributed by atoms with E-state index in [1.807, 2.05) is 0 Å². The lowest BCUT2D eigenvalue weighted by Gasteiger charge is -2.19. The molecule has 0 fully saturated rings. The van der Waals surface area contributed by atoms with Crippen LogP contribution in [0, 0.1) is 5.82 Å². The smallest absolute Gasteiger partial charge is 0.435 e. The number of alkyl halides is 1. The molecule has 0 unspecified atom stereocenters. The van der Waals surface area contributed by atoms with E-state index in [1.54, 1.807) is 32.9 Å². The van der Waals surface area contributed by atoms with Crippen molar-refractivity contribution in [1.82, 2.24) is 9.78 Å². The molecule has 0 amide bonds. The number of hydrogen-bond donors (Lipinski definition) is 0. The van der Waals surface area contributed by atoms with E-state index in [1.165, 1.54) is 16.8 Å². The maximum absolute atomic E-state index is 13.2. The van der Waals surface area contributed by atoms with Gasteiger partial charge in [0.25, 0.3) is 0 Å². The minimum absolute atomic E-state index is 0.345. The molecule has 1 aromatic carbocycles. The first-order chi connectivity index (χ1) is 10.2. The van der Waals surface area contributed by atoms with Crippen molar-refractivity contribution in [2.75, 3.05) is 0 Å². The third-order valence-electron chi connectivity index (χ3n) is 2.69. The molecule has 0 saturated heterocycles. The van der Waals surface area contributed by atoms with Crippen molar-refractivity contribution in [3.8, 4) is 11.3 Å². The van der Waals surface area contributed by atoms with Crippen LogP contribution in [-0.4, -0.2) is 21.5 Å². The van der Waals surface area contributed by atoms with E-state index in [0.717, 1.165) is 0 Å². The Labute approximate surface area is 144 Å². The molecule has 22 heavy (non-hydrogen) atoms. The van der Waals surface area contributed by atoms with Gasteiger partial charge in [-0.3, -0.25) is 0 Å². The van der Waals surface area contributed by atoms with Gasteiger partial charge in [-0.05, 0) is 61.0 Å². The predicted octanol–water partition coefficient (Wildman–Crippen LogP) is 5.13. The van der Waals surface area contributed by atoms with Gasteiger partial charge in [-0.25, -0.2) is 9.18 Å². The van der Waals surface area contributed by atoms with Crippen LogP contribution in [0.1, 0.15) is 26.5 Å². The topological polar surface area (TPSA) is 44.1 Å². The van der Waals surface area contributed by atoms with Crippen LogP contribution in [0.4, 0.5) is 9.18 Å². The van der Waals surface area contributed by atoms with Gasteiger partial charge in [-0.2, -0.15) is 9.78 Å². The second kappa shape index (κ2) is 6.50. The molecule has 0 atom stereocenters. The third-order valence-corrected chi connectivity index (χ3v) is 3.92. The Morgan fingerprint density at radius 3 is 2.59 bits per heavy atom. The van der Waals surface area contributed by atoms with Crippen LogP contribution < -0.4 is 0 Å². The summed E-state index contributed by atoms with van der Waals surface area (Å²) < 4.78 is 20.3. The number of nitrogens with zero attached hydrogens (tertiary/aromatic N) is 2. The Balaban J connectivity index is 2.42. The Hall–Kier alpha value is -1.21. The van der Waals surface area contributed by atoms with Crippen molar-refractivity contribution in [1.29, 1.82) is 0 Å². The van der Waals surface area contributed by atoms with Crippen LogP contribution in [0.15, 0.2) is 28.7 Å². The van der Waals surface area contributed by atoms with Crippen molar-refractivity contribution < 1.29 is 13.9 Å². The number of carbonyl (C=O) groups excluding carboxylic acids is 1. The lowest BCUT2D eigenvalue weighted by atomic mass is 10.1. The first kappa shape index (κ1) is 17.1. The summed E-state index contributed by atoms with van der Waals surface area (Å²) in [6.07, 6.45) is -0.550. The Morgan fingerprint density at radius 2 is 2.05 bits per heavy atom. The molecule has 7 heteroatoms. The van der Waals surface area contributed by atoms with Gasteiger partial charge >= 0.3 is 6.09 Å². The first-order valence-corrected chi connectivity index (χ1v) is 8.46. The molecule has 0 N–H and O–H groups in total. The van der Waals surface area contributed by atoms with Gasteiger partial charge in [-0.1, -0.05) is 15.9 Å². The Morgan fingerprint density at radius 1 is 1.36 bits per heavy atom. The Bertz CT molecular complexity index is 708. The number of ether oxygens (including phenoxy) is 1. The SMILES string of the molecule is CC(C)(C)OC(=O)n1nc(-c2ccc(F)cc2Br)cc1CBr. The van der Waals surface area contributed by atoms with Crippen LogP contribution in [0.5, 0.6) is 0 Å². The quantitative estimate of drug-likeness (QED) is 0.616. The largest absolute Gasteiger partial charge is 0.442 e. The highest BCUT2D eigenvalue weighted by atomic mass is 79.9. The average molecular weight is 434 g/mol. The number of carbonyl (C=O) groups is 1. The van der Waals surface area contributed by atoms with E-state index < -0.39 is 11.7 Å². The molecule has 4 nitrogen and oxygen atoms in total. The fraction of sp³-hybridized carbons (Fsp3) is 0.333. The maximum Gasteiger partial charge on any atom is 0.435 e. The van der Waals surface area contributed by atoms with Crippen LogP contribution in [0.3, 0.4) is 0 Å². The molecular weight excluding hydrogens is 419 g/mol. The molecule has 1 heterocycles. The molecule has 0 spiro atoms. The zero-order valence-electron chi connectivity index (χ0n) is 12.4. The first-order valence-electron chi connectivity index (χ1n) is 6.55. The van der Waals surface area contributed by atoms with Gasteiger partial charge in [0.1, 0.15) is 11.4 Å². The Kier molecular flexibility index (Phi) is 5.07. The summed E-state index contributed by atoms with van der Waals surface area (Å²) in [5, 5.41) is 4.73. The normalized spacial score (nSPS) is 11.5. The van der Waals surface area contributed by atoms with Crippen molar-refractivity contribution in [2.45, 2.75) is 31.7 Å². The summed E-state index contributed by atoms with van der Waals surface area (Å²) in [5.41, 5.74) is 1.31. The molecule has 118 valence electrons. The second-order valence-corrected chi connectivity index (χ2v) is 7.09. The highest BCUT2D eigenvalue weighted by Gasteiger charge is 2.22. The summed E-state index contributed by atoms with van der Waals surface area (Å²) in [7, 11) is 0. The predicted molar refractivity (Wildman–Crippen MR) is 89.6 cm³/mol. The molecule has 0 saturated carbocycles. The lowest BCUT2D eigenvalue weighted by molar-refractivity contribution is 0.0511. The number of benzene rings is 1. The van der Waals surface area contributed by atoms with Gasteiger partial charge in [0.2, 0.25) is 0 Å². The second-order valence-electron chi connectivity index (χ2n) is 5.67. The molecule has 0 aliphatic carbocycles. The summed E-state index contributed by atoms with van der Waals surface area (Å²) >= 11 is 6.64. The van der Waals surface area contributed by atoms with Crippen molar-refractivity contribution in [3.63, 3.8) is 0 Å². The minimum Gasteiger partial charge on any atom is -0.442 e. The van der Waals surface area contributed by atoms with Gasteiger partial charge < -0.3 is 4.74 Å². The molecule has 2 rings (SSSR count). The standard InChI is InChI=1S/C15H15Br2FN2O2/c1-15(2,3)22-14(21)20-10(8-16)7-13(19-20)11-5-4-9(18)6-12(11)17/h4-7H,8H2,1-3H3. The van der Waals surface area contributed by atoms with E-state index in [4.69, 9.17) is 4.74 Å². The van der Waals surface area contributed by atoms with Gasteiger partial charge in [-0.15, -0.1) is 0 Å². The monoisotopic (exact) mass is 432 g/mol. The van der Waals surface area contributed by atoms with Gasteiger partial charge in [0.05, 0.1) is 11.4 Å². The molecule has 0 aliphatic heterocycles. The molecular formula is C15H15Br2FN2O2. The van der Waals surface area contributed by atoms with Crippen LogP contribution in [0.2, 0.25) is 0 Å². The number of hydrogen-bond acceptors (Lipinski definition) is 3. The van der Waals surface area contributed by atoms with E-state index in [0.29, 0.717) is 26.8 Å². The lowest BCUT2D eigenvalue weighted by Crippen LogP contribution is -2.28. The van der Waals surface area contributed by atoms with E-state index >= 15 is 0 Å². The van der Waals surface area contributed by atoms with Gasteiger partial charge in [0.15, 0.2) is 0 Å². The summed E-state index contributed by atoms with van der Waals surface area (Å²) in [6.45, 7) is 5.37. The maximum atomic E-state index is 13.2. The third kappa shape index (κ3) is 3.95. The summed E-state index contributed by atoms with van der Waals surface area (Å²) in [4.78, 5) is 12.2. The number of rotatable bonds is 2. The minimum atomic E-state index is -0.608. The van der Waals surface area contributed by atoms with Crippen LogP contribution >= 0.6 is 31.9 Å². The van der Waals surface area contributed by atoms with E-state index in [2.05, 4.69) is 37.0 Å². The van der Waals surface area contributed by atoms with Crippen molar-refractivity contribution in [3.05, 3.63) is 40.2 Å². The zero-order valence-corrected chi connectivity index (χ0v) is 15.5. The van der Waals surface area contributed by atoms with Crippen molar-refractivity contribution in [2.24, 2.45) is 0 Å². The zero-order chi connectivity index (χ0) is 16.5. The highest BCUT2D eigenvalue weighted by molar-refractivity contribution is 9.10. The van der Waals surface area contributed by atoms with Crippen LogP contribution in [0.25, 0.3) is 11.3 Å². The summed E-state index contributed by atoms with van der Waals surface area (Å²) in [6, 6.07) is 6.08. The molecule has 1 aromatic heterocycles. The van der Waals surface area contributed by atoms with E-state index in [-0.39, 0.29) is 5.82 Å². The molecule has 0 aliphatic rings. The molecule has 2 aromatic rings. The number of aromatic nitrogens is 2. The highest BCUT2D eigenvalue weighted by Crippen LogP contribution is 2.29. The molecule has 0 bridgehead atoms. The average Bonchev–Trinajstić information content (AvgIpc) is 2.80.